The van der Waals surface area contributed by atoms with Crippen molar-refractivity contribution in [2.45, 2.75) is 26.1 Å². The molecule has 1 aromatic heterocycles. The standard InChI is InChI=1S/C21H20F3N3O/c1-13(19-12-25-27(3)14(19)2)26-20(28)18-7-5-4-6-17(18)15-8-10-16(11-9-15)21(22,23)24/h4-13H,1-3H3,(H,26,28). The number of alkyl halides is 3. The third-order valence-electron chi connectivity index (χ3n) is 4.78. The second-order valence-electron chi connectivity index (χ2n) is 6.62. The van der Waals surface area contributed by atoms with Crippen LogP contribution >= 0.6 is 0 Å². The molecule has 0 aliphatic rings. The van der Waals surface area contributed by atoms with Crippen molar-refractivity contribution in [1.29, 1.82) is 0 Å². The summed E-state index contributed by atoms with van der Waals surface area (Å²) in [5, 5.41) is 7.12. The average molecular weight is 387 g/mol. The predicted molar refractivity (Wildman–Crippen MR) is 101 cm³/mol. The Morgan fingerprint density at radius 3 is 2.32 bits per heavy atom. The average Bonchev–Trinajstić information content (AvgIpc) is 3.00. The third kappa shape index (κ3) is 3.93. The minimum Gasteiger partial charge on any atom is -0.345 e. The Hall–Kier alpha value is -3.09. The normalized spacial score (nSPS) is 12.6. The first-order valence-electron chi connectivity index (χ1n) is 8.74. The second-order valence-corrected chi connectivity index (χ2v) is 6.62. The molecule has 0 radical (unpaired) electrons. The molecule has 0 bridgehead atoms. The molecule has 3 rings (SSSR count). The number of hydrogen-bond acceptors (Lipinski definition) is 2. The minimum absolute atomic E-state index is 0.262. The zero-order chi connectivity index (χ0) is 20.5. The Morgan fingerprint density at radius 1 is 1.11 bits per heavy atom. The van der Waals surface area contributed by atoms with Crippen LogP contribution in [0.15, 0.2) is 54.7 Å². The molecule has 4 nitrogen and oxygen atoms in total. The first-order chi connectivity index (χ1) is 13.2. The number of amides is 1. The molecule has 7 heteroatoms. The van der Waals surface area contributed by atoms with Crippen LogP contribution in [0.1, 0.15) is 40.1 Å². The monoisotopic (exact) mass is 387 g/mol. The number of hydrogen-bond donors (Lipinski definition) is 1. The predicted octanol–water partition coefficient (Wildman–Crippen LogP) is 4.91. The lowest BCUT2D eigenvalue weighted by Gasteiger charge is -2.16. The highest BCUT2D eigenvalue weighted by molar-refractivity contribution is 6.01. The molecule has 0 spiro atoms. The number of aryl methyl sites for hydroxylation is 1. The molecule has 0 fully saturated rings. The highest BCUT2D eigenvalue weighted by atomic mass is 19.4. The summed E-state index contributed by atoms with van der Waals surface area (Å²) < 4.78 is 40.1. The van der Waals surface area contributed by atoms with Gasteiger partial charge in [-0.2, -0.15) is 18.3 Å². The lowest BCUT2D eigenvalue weighted by Crippen LogP contribution is -2.27. The number of aromatic nitrogens is 2. The fourth-order valence-corrected chi connectivity index (χ4v) is 3.06. The minimum atomic E-state index is -4.40. The van der Waals surface area contributed by atoms with Gasteiger partial charge in [0.1, 0.15) is 0 Å². The molecular formula is C21H20F3N3O. The lowest BCUT2D eigenvalue weighted by atomic mass is 9.97. The number of nitrogens with zero attached hydrogens (tertiary/aromatic N) is 2. The van der Waals surface area contributed by atoms with Gasteiger partial charge in [0.25, 0.3) is 5.91 Å². The van der Waals surface area contributed by atoms with E-state index < -0.39 is 11.7 Å². The number of nitrogens with one attached hydrogen (secondary N) is 1. The Bertz CT molecular complexity index is 991. The van der Waals surface area contributed by atoms with E-state index in [2.05, 4.69) is 10.4 Å². The molecule has 1 atom stereocenters. The maximum atomic E-state index is 12.8. The Kier molecular flexibility index (Phi) is 5.27. The third-order valence-corrected chi connectivity index (χ3v) is 4.78. The Labute approximate surface area is 161 Å². The maximum absolute atomic E-state index is 12.8. The summed E-state index contributed by atoms with van der Waals surface area (Å²) in [5.74, 6) is -0.300. The quantitative estimate of drug-likeness (QED) is 0.692. The van der Waals surface area contributed by atoms with Crippen molar-refractivity contribution in [2.75, 3.05) is 0 Å². The summed E-state index contributed by atoms with van der Waals surface area (Å²) in [7, 11) is 1.83. The van der Waals surface area contributed by atoms with Gasteiger partial charge in [0, 0.05) is 23.9 Å². The second kappa shape index (κ2) is 7.50. The van der Waals surface area contributed by atoms with Gasteiger partial charge < -0.3 is 5.32 Å². The topological polar surface area (TPSA) is 46.9 Å². The molecule has 28 heavy (non-hydrogen) atoms. The summed E-state index contributed by atoms with van der Waals surface area (Å²) in [6.45, 7) is 3.78. The number of carbonyl (C=O) groups excluding carboxylic acids is 1. The van der Waals surface area contributed by atoms with Crippen molar-refractivity contribution < 1.29 is 18.0 Å². The number of rotatable bonds is 4. The lowest BCUT2D eigenvalue weighted by molar-refractivity contribution is -0.137. The zero-order valence-electron chi connectivity index (χ0n) is 15.7. The van der Waals surface area contributed by atoms with Gasteiger partial charge in [-0.3, -0.25) is 9.48 Å². The van der Waals surface area contributed by atoms with Crippen molar-refractivity contribution >= 4 is 5.91 Å². The van der Waals surface area contributed by atoms with E-state index in [1.807, 2.05) is 20.9 Å². The van der Waals surface area contributed by atoms with E-state index in [0.29, 0.717) is 16.7 Å². The molecule has 1 unspecified atom stereocenters. The first-order valence-corrected chi connectivity index (χ1v) is 8.74. The fraction of sp³-hybridized carbons (Fsp3) is 0.238. The largest absolute Gasteiger partial charge is 0.416 e. The molecule has 1 amide bonds. The first kappa shape index (κ1) is 19.7. The molecule has 146 valence electrons. The van der Waals surface area contributed by atoms with Gasteiger partial charge in [0.05, 0.1) is 17.8 Å². The van der Waals surface area contributed by atoms with Gasteiger partial charge in [0.15, 0.2) is 0 Å². The van der Waals surface area contributed by atoms with Crippen molar-refractivity contribution in [3.05, 3.63) is 77.1 Å². The summed E-state index contributed by atoms with van der Waals surface area (Å²) in [6, 6.07) is 11.4. The molecule has 0 aliphatic heterocycles. The van der Waals surface area contributed by atoms with Crippen LogP contribution < -0.4 is 5.32 Å². The van der Waals surface area contributed by atoms with Crippen LogP contribution in [-0.4, -0.2) is 15.7 Å². The van der Waals surface area contributed by atoms with Crippen LogP contribution in [0.5, 0.6) is 0 Å². The van der Waals surface area contributed by atoms with Crippen molar-refractivity contribution in [3.8, 4) is 11.1 Å². The van der Waals surface area contributed by atoms with Crippen LogP contribution in [0.25, 0.3) is 11.1 Å². The summed E-state index contributed by atoms with van der Waals surface area (Å²) in [5.41, 5.74) is 2.65. The zero-order valence-corrected chi connectivity index (χ0v) is 15.7. The van der Waals surface area contributed by atoms with E-state index in [1.165, 1.54) is 12.1 Å². The van der Waals surface area contributed by atoms with E-state index in [1.54, 1.807) is 35.1 Å². The van der Waals surface area contributed by atoms with Crippen LogP contribution in [-0.2, 0) is 13.2 Å². The highest BCUT2D eigenvalue weighted by Crippen LogP contribution is 2.32. The smallest absolute Gasteiger partial charge is 0.345 e. The van der Waals surface area contributed by atoms with E-state index in [9.17, 15) is 18.0 Å². The molecule has 3 aromatic rings. The van der Waals surface area contributed by atoms with Gasteiger partial charge in [-0.05, 0) is 43.2 Å². The van der Waals surface area contributed by atoms with E-state index in [4.69, 9.17) is 0 Å². The fourth-order valence-electron chi connectivity index (χ4n) is 3.06. The molecule has 0 saturated heterocycles. The Morgan fingerprint density at radius 2 is 1.75 bits per heavy atom. The Balaban J connectivity index is 1.87. The molecule has 2 aromatic carbocycles. The van der Waals surface area contributed by atoms with Gasteiger partial charge in [0.2, 0.25) is 0 Å². The summed E-state index contributed by atoms with van der Waals surface area (Å²) >= 11 is 0. The van der Waals surface area contributed by atoms with E-state index >= 15 is 0 Å². The highest BCUT2D eigenvalue weighted by Gasteiger charge is 2.30. The van der Waals surface area contributed by atoms with Gasteiger partial charge in [-0.25, -0.2) is 0 Å². The molecule has 1 heterocycles. The SMILES string of the molecule is Cc1c(C(C)NC(=O)c2ccccc2-c2ccc(C(F)(F)F)cc2)cnn1C. The molecule has 0 aliphatic carbocycles. The number of carbonyl (C=O) groups is 1. The number of benzene rings is 2. The van der Waals surface area contributed by atoms with Crippen LogP contribution in [0.2, 0.25) is 0 Å². The van der Waals surface area contributed by atoms with Gasteiger partial charge in [-0.15, -0.1) is 0 Å². The van der Waals surface area contributed by atoms with E-state index in [-0.39, 0.29) is 11.9 Å². The van der Waals surface area contributed by atoms with Crippen molar-refractivity contribution in [2.24, 2.45) is 7.05 Å². The van der Waals surface area contributed by atoms with Crippen LogP contribution in [0, 0.1) is 6.92 Å². The van der Waals surface area contributed by atoms with Crippen LogP contribution in [0.4, 0.5) is 13.2 Å². The summed E-state index contributed by atoms with van der Waals surface area (Å²) in [6.07, 6.45) is -2.69. The summed E-state index contributed by atoms with van der Waals surface area (Å²) in [4.78, 5) is 12.8. The van der Waals surface area contributed by atoms with E-state index in [0.717, 1.165) is 23.4 Å². The van der Waals surface area contributed by atoms with Gasteiger partial charge >= 0.3 is 6.18 Å². The molecule has 0 saturated carbocycles. The maximum Gasteiger partial charge on any atom is 0.416 e. The van der Waals surface area contributed by atoms with Crippen LogP contribution in [0.3, 0.4) is 0 Å². The van der Waals surface area contributed by atoms with Crippen molar-refractivity contribution in [3.63, 3.8) is 0 Å². The molecular weight excluding hydrogens is 367 g/mol. The number of halogens is 3. The van der Waals surface area contributed by atoms with Crippen molar-refractivity contribution in [1.82, 2.24) is 15.1 Å². The molecule has 1 N–H and O–H groups in total. The van der Waals surface area contributed by atoms with Gasteiger partial charge in [-0.1, -0.05) is 30.3 Å².